The molecule has 1 aliphatic carbocycles. The van der Waals surface area contributed by atoms with Crippen LogP contribution in [0.5, 0.6) is 0 Å². The maximum Gasteiger partial charge on any atom is 0.227 e. The average Bonchev–Trinajstić information content (AvgIpc) is 3.50. The molecular weight excluding hydrogens is 406 g/mol. The molecule has 2 N–H and O–H groups in total. The van der Waals surface area contributed by atoms with E-state index in [0.717, 1.165) is 53.2 Å². The second kappa shape index (κ2) is 9.43. The van der Waals surface area contributed by atoms with Gasteiger partial charge in [0.05, 0.1) is 5.69 Å². The summed E-state index contributed by atoms with van der Waals surface area (Å²) in [5.74, 6) is 0.338. The molecule has 3 aromatic rings. The molecule has 4 rings (SSSR count). The van der Waals surface area contributed by atoms with Crippen molar-refractivity contribution < 1.29 is 9.59 Å². The summed E-state index contributed by atoms with van der Waals surface area (Å²) >= 11 is 1.62. The number of nitrogens with one attached hydrogen (secondary N) is 2. The highest BCUT2D eigenvalue weighted by Gasteiger charge is 2.29. The van der Waals surface area contributed by atoms with E-state index >= 15 is 0 Å². The molecule has 1 atom stereocenters. The zero-order chi connectivity index (χ0) is 21.8. The van der Waals surface area contributed by atoms with Gasteiger partial charge in [0.15, 0.2) is 0 Å². The molecule has 0 saturated heterocycles. The lowest BCUT2D eigenvalue weighted by Crippen LogP contribution is -2.30. The highest BCUT2D eigenvalue weighted by Crippen LogP contribution is 2.32. The fourth-order valence-electron chi connectivity index (χ4n) is 3.47. The van der Waals surface area contributed by atoms with Gasteiger partial charge in [-0.15, -0.1) is 11.3 Å². The first-order valence-electron chi connectivity index (χ1n) is 10.7. The lowest BCUT2D eigenvalue weighted by atomic mass is 10.0. The Morgan fingerprint density at radius 1 is 1.06 bits per heavy atom. The van der Waals surface area contributed by atoms with Gasteiger partial charge in [0.1, 0.15) is 5.01 Å². The third-order valence-corrected chi connectivity index (χ3v) is 6.31. The van der Waals surface area contributed by atoms with Crippen molar-refractivity contribution in [3.05, 3.63) is 59.5 Å². The Kier molecular flexibility index (Phi) is 6.47. The number of thiazole rings is 1. The summed E-state index contributed by atoms with van der Waals surface area (Å²) in [7, 11) is 0. The molecule has 0 radical (unpaired) electrons. The van der Waals surface area contributed by atoms with Gasteiger partial charge in [-0.05, 0) is 62.4 Å². The summed E-state index contributed by atoms with van der Waals surface area (Å²) in [4.78, 5) is 27.8. The van der Waals surface area contributed by atoms with E-state index in [1.807, 2.05) is 31.2 Å². The third-order valence-electron chi connectivity index (χ3n) is 5.42. The van der Waals surface area contributed by atoms with Gasteiger partial charge in [-0.3, -0.25) is 9.59 Å². The third kappa shape index (κ3) is 5.79. The van der Waals surface area contributed by atoms with Crippen molar-refractivity contribution in [3.8, 4) is 21.8 Å². The van der Waals surface area contributed by atoms with Crippen molar-refractivity contribution >= 4 is 28.8 Å². The molecule has 0 aliphatic heterocycles. The Morgan fingerprint density at radius 2 is 1.74 bits per heavy atom. The predicted octanol–water partition coefficient (Wildman–Crippen LogP) is 5.28. The molecule has 160 valence electrons. The van der Waals surface area contributed by atoms with Crippen LogP contribution in [0.15, 0.2) is 53.9 Å². The minimum absolute atomic E-state index is 0.0137. The van der Waals surface area contributed by atoms with Crippen LogP contribution < -0.4 is 10.6 Å². The molecule has 0 bridgehead atoms. The van der Waals surface area contributed by atoms with Gasteiger partial charge in [0, 0.05) is 41.1 Å². The van der Waals surface area contributed by atoms with Crippen LogP contribution in [0, 0.1) is 5.92 Å². The highest BCUT2D eigenvalue weighted by molar-refractivity contribution is 7.13. The number of benzene rings is 2. The summed E-state index contributed by atoms with van der Waals surface area (Å²) in [5.41, 5.74) is 5.18. The molecule has 2 amide bonds. The number of aromatic nitrogens is 1. The predicted molar refractivity (Wildman–Crippen MR) is 126 cm³/mol. The molecule has 6 heteroatoms. The van der Waals surface area contributed by atoms with Gasteiger partial charge < -0.3 is 10.6 Å². The Hall–Kier alpha value is -2.99. The molecule has 1 fully saturated rings. The summed E-state index contributed by atoms with van der Waals surface area (Å²) in [5, 5.41) is 8.93. The number of amides is 2. The molecule has 1 saturated carbocycles. The second-order valence-electron chi connectivity index (χ2n) is 8.22. The Morgan fingerprint density at radius 3 is 2.39 bits per heavy atom. The quantitative estimate of drug-likeness (QED) is 0.507. The summed E-state index contributed by atoms with van der Waals surface area (Å²) in [6.45, 7) is 3.58. The van der Waals surface area contributed by atoms with Crippen LogP contribution >= 0.6 is 11.3 Å². The zero-order valence-electron chi connectivity index (χ0n) is 17.9. The Bertz CT molecular complexity index is 1050. The fraction of sp³-hybridized carbons (Fsp3) is 0.320. The van der Waals surface area contributed by atoms with E-state index in [2.05, 4.69) is 40.3 Å². The zero-order valence-corrected chi connectivity index (χ0v) is 18.7. The smallest absolute Gasteiger partial charge is 0.227 e. The standard InChI is InChI=1S/C25H27N3O2S/c1-16(26-17(2)29)3-4-18-5-7-19(8-6-18)23-15-31-25(28-23)21-11-13-22(14-12-21)27-24(30)20-9-10-20/h5-8,11-16,20H,3-4,9-10H2,1-2H3,(H,26,29)(H,27,30)/t16-/m0/s1. The van der Waals surface area contributed by atoms with Gasteiger partial charge >= 0.3 is 0 Å². The number of nitrogens with zero attached hydrogens (tertiary/aromatic N) is 1. The van der Waals surface area contributed by atoms with Crippen LogP contribution in [-0.2, 0) is 16.0 Å². The van der Waals surface area contributed by atoms with E-state index in [1.54, 1.807) is 18.3 Å². The Labute approximate surface area is 186 Å². The molecule has 31 heavy (non-hydrogen) atoms. The van der Waals surface area contributed by atoms with Crippen molar-refractivity contribution in [2.24, 2.45) is 5.92 Å². The van der Waals surface area contributed by atoms with Crippen molar-refractivity contribution in [3.63, 3.8) is 0 Å². The van der Waals surface area contributed by atoms with Gasteiger partial charge in [0.25, 0.3) is 0 Å². The molecule has 2 aromatic carbocycles. The fourth-order valence-corrected chi connectivity index (χ4v) is 4.30. The van der Waals surface area contributed by atoms with Crippen LogP contribution in [0.1, 0.15) is 38.7 Å². The van der Waals surface area contributed by atoms with Crippen LogP contribution in [0.4, 0.5) is 5.69 Å². The largest absolute Gasteiger partial charge is 0.354 e. The molecule has 0 unspecified atom stereocenters. The van der Waals surface area contributed by atoms with Crippen molar-refractivity contribution in [1.82, 2.24) is 10.3 Å². The minimum Gasteiger partial charge on any atom is -0.354 e. The first kappa shape index (κ1) is 21.2. The normalized spacial score (nSPS) is 14.1. The first-order chi connectivity index (χ1) is 15.0. The van der Waals surface area contributed by atoms with Gasteiger partial charge in [-0.25, -0.2) is 4.98 Å². The van der Waals surface area contributed by atoms with E-state index < -0.39 is 0 Å². The maximum absolute atomic E-state index is 11.9. The van der Waals surface area contributed by atoms with E-state index in [4.69, 9.17) is 4.98 Å². The summed E-state index contributed by atoms with van der Waals surface area (Å²) < 4.78 is 0. The number of carbonyl (C=O) groups is 2. The van der Waals surface area contributed by atoms with Crippen LogP contribution in [-0.4, -0.2) is 22.8 Å². The van der Waals surface area contributed by atoms with Gasteiger partial charge in [-0.2, -0.15) is 0 Å². The van der Waals surface area contributed by atoms with Crippen LogP contribution in [0.25, 0.3) is 21.8 Å². The van der Waals surface area contributed by atoms with Gasteiger partial charge in [0.2, 0.25) is 11.8 Å². The molecular formula is C25H27N3O2S. The number of aryl methyl sites for hydroxylation is 1. The number of anilines is 1. The lowest BCUT2D eigenvalue weighted by molar-refractivity contribution is -0.119. The highest BCUT2D eigenvalue weighted by atomic mass is 32.1. The Balaban J connectivity index is 1.36. The molecule has 0 spiro atoms. The van der Waals surface area contributed by atoms with Crippen molar-refractivity contribution in [2.45, 2.75) is 45.6 Å². The number of rotatable bonds is 8. The molecule has 1 heterocycles. The monoisotopic (exact) mass is 433 g/mol. The van der Waals surface area contributed by atoms with E-state index in [9.17, 15) is 9.59 Å². The van der Waals surface area contributed by atoms with Crippen LogP contribution in [0.3, 0.4) is 0 Å². The van der Waals surface area contributed by atoms with E-state index in [1.165, 1.54) is 5.56 Å². The topological polar surface area (TPSA) is 71.1 Å². The van der Waals surface area contributed by atoms with Crippen molar-refractivity contribution in [1.29, 1.82) is 0 Å². The molecule has 1 aromatic heterocycles. The lowest BCUT2D eigenvalue weighted by Gasteiger charge is -2.12. The second-order valence-corrected chi connectivity index (χ2v) is 9.07. The average molecular weight is 434 g/mol. The van der Waals surface area contributed by atoms with Gasteiger partial charge in [-0.1, -0.05) is 24.3 Å². The molecule has 1 aliphatic rings. The summed E-state index contributed by atoms with van der Waals surface area (Å²) in [6.07, 6.45) is 3.84. The number of carbonyl (C=O) groups excluding carboxylic acids is 2. The van der Waals surface area contributed by atoms with Crippen molar-refractivity contribution in [2.75, 3.05) is 5.32 Å². The first-order valence-corrected chi connectivity index (χ1v) is 11.6. The number of hydrogen-bond donors (Lipinski definition) is 2. The number of hydrogen-bond acceptors (Lipinski definition) is 4. The minimum atomic E-state index is 0.0137. The molecule has 5 nitrogen and oxygen atoms in total. The van der Waals surface area contributed by atoms with E-state index in [-0.39, 0.29) is 23.8 Å². The van der Waals surface area contributed by atoms with E-state index in [0.29, 0.717) is 0 Å². The van der Waals surface area contributed by atoms with Crippen LogP contribution in [0.2, 0.25) is 0 Å². The summed E-state index contributed by atoms with van der Waals surface area (Å²) in [6, 6.07) is 16.5. The maximum atomic E-state index is 11.9. The SMILES string of the molecule is CC(=O)N[C@@H](C)CCc1ccc(-c2csc(-c3ccc(NC(=O)C4CC4)cc3)n2)cc1.